The van der Waals surface area contributed by atoms with Crippen LogP contribution in [0.15, 0.2) is 24.4 Å². The average molecular weight is 339 g/mol. The summed E-state index contributed by atoms with van der Waals surface area (Å²) in [5, 5.41) is 12.2. The Morgan fingerprint density at radius 2 is 2.00 bits per heavy atom. The number of ether oxygens (including phenoxy) is 2. The van der Waals surface area contributed by atoms with Crippen molar-refractivity contribution in [2.75, 3.05) is 26.4 Å². The molecule has 1 N–H and O–H groups in total. The molecule has 1 unspecified atom stereocenters. The Labute approximate surface area is 142 Å². The molecule has 0 saturated carbocycles. The predicted molar refractivity (Wildman–Crippen MR) is 90.3 cm³/mol. The summed E-state index contributed by atoms with van der Waals surface area (Å²) in [7, 11) is 0. The molecule has 0 amide bonds. The predicted octanol–water partition coefficient (Wildman–Crippen LogP) is 1.81. The number of rotatable bonds is 5. The molecule has 7 heteroatoms. The second-order valence-electron chi connectivity index (χ2n) is 5.67. The van der Waals surface area contributed by atoms with Crippen LogP contribution in [0, 0.1) is 13.8 Å². The van der Waals surface area contributed by atoms with E-state index in [0.29, 0.717) is 26.4 Å². The number of aryl methyl sites for hydroxylation is 2. The first-order chi connectivity index (χ1) is 10.7. The van der Waals surface area contributed by atoms with Crippen molar-refractivity contribution in [1.29, 1.82) is 0 Å². The number of aromatic nitrogens is 3. The monoisotopic (exact) mass is 338 g/mol. The van der Waals surface area contributed by atoms with E-state index in [1.807, 2.05) is 0 Å². The van der Waals surface area contributed by atoms with Crippen LogP contribution in [0.4, 0.5) is 0 Å². The highest BCUT2D eigenvalue weighted by Crippen LogP contribution is 2.12. The van der Waals surface area contributed by atoms with E-state index in [1.165, 1.54) is 11.1 Å². The van der Waals surface area contributed by atoms with Crippen LogP contribution in [-0.2, 0) is 16.0 Å². The number of benzene rings is 1. The fourth-order valence-corrected chi connectivity index (χ4v) is 2.58. The van der Waals surface area contributed by atoms with Gasteiger partial charge in [-0.05, 0) is 37.1 Å². The fourth-order valence-electron chi connectivity index (χ4n) is 2.58. The SMILES string of the molecule is Cc1cc(C)cc(-n2ncc(CNCC3COCCO3)n2)c1.Cl. The van der Waals surface area contributed by atoms with Crippen LogP contribution in [0.3, 0.4) is 0 Å². The maximum Gasteiger partial charge on any atom is 0.0969 e. The summed E-state index contributed by atoms with van der Waals surface area (Å²) in [6, 6.07) is 6.30. The van der Waals surface area contributed by atoms with Crippen molar-refractivity contribution in [3.63, 3.8) is 0 Å². The van der Waals surface area contributed by atoms with Crippen molar-refractivity contribution in [3.05, 3.63) is 41.2 Å². The van der Waals surface area contributed by atoms with Crippen molar-refractivity contribution in [3.8, 4) is 5.69 Å². The van der Waals surface area contributed by atoms with Gasteiger partial charge in [0.2, 0.25) is 0 Å². The quantitative estimate of drug-likeness (QED) is 0.901. The van der Waals surface area contributed by atoms with E-state index in [9.17, 15) is 0 Å². The van der Waals surface area contributed by atoms with Crippen LogP contribution in [-0.4, -0.2) is 47.5 Å². The molecular formula is C16H23ClN4O2. The van der Waals surface area contributed by atoms with Gasteiger partial charge in [0.15, 0.2) is 0 Å². The third kappa shape index (κ3) is 5.00. The van der Waals surface area contributed by atoms with Crippen LogP contribution in [0.2, 0.25) is 0 Å². The zero-order chi connectivity index (χ0) is 15.4. The molecular weight excluding hydrogens is 316 g/mol. The minimum Gasteiger partial charge on any atom is -0.376 e. The zero-order valence-electron chi connectivity index (χ0n) is 13.5. The topological polar surface area (TPSA) is 61.2 Å². The third-order valence-corrected chi connectivity index (χ3v) is 3.54. The van der Waals surface area contributed by atoms with E-state index in [-0.39, 0.29) is 18.5 Å². The molecule has 1 aliphatic heterocycles. The molecule has 0 aliphatic carbocycles. The molecule has 6 nitrogen and oxygen atoms in total. The first-order valence-electron chi connectivity index (χ1n) is 7.61. The molecule has 3 rings (SSSR count). The van der Waals surface area contributed by atoms with Gasteiger partial charge in [-0.25, -0.2) is 0 Å². The second-order valence-corrected chi connectivity index (χ2v) is 5.67. The summed E-state index contributed by atoms with van der Waals surface area (Å²) >= 11 is 0. The van der Waals surface area contributed by atoms with Crippen molar-refractivity contribution in [2.45, 2.75) is 26.5 Å². The average Bonchev–Trinajstić information content (AvgIpc) is 2.96. The van der Waals surface area contributed by atoms with Crippen LogP contribution in [0.1, 0.15) is 16.8 Å². The molecule has 1 saturated heterocycles. The van der Waals surface area contributed by atoms with Gasteiger partial charge in [-0.15, -0.1) is 12.4 Å². The summed E-state index contributed by atoms with van der Waals surface area (Å²) in [5.41, 5.74) is 4.33. The van der Waals surface area contributed by atoms with E-state index in [2.05, 4.69) is 47.6 Å². The van der Waals surface area contributed by atoms with Gasteiger partial charge in [-0.3, -0.25) is 0 Å². The fraction of sp³-hybridized carbons (Fsp3) is 0.500. The second kappa shape index (κ2) is 8.40. The van der Waals surface area contributed by atoms with Crippen LogP contribution < -0.4 is 5.32 Å². The maximum atomic E-state index is 5.59. The minimum absolute atomic E-state index is 0. The summed E-state index contributed by atoms with van der Waals surface area (Å²) in [5.74, 6) is 0. The molecule has 1 aromatic carbocycles. The lowest BCUT2D eigenvalue weighted by molar-refractivity contribution is -0.0864. The standard InChI is InChI=1S/C16H22N4O2.ClH/c1-12-5-13(2)7-15(6-12)20-18-9-14(19-20)8-17-10-16-11-21-3-4-22-16;/h5-7,9,16-17H,3-4,8,10-11H2,1-2H3;1H. The van der Waals surface area contributed by atoms with Crippen molar-refractivity contribution < 1.29 is 9.47 Å². The van der Waals surface area contributed by atoms with E-state index >= 15 is 0 Å². The molecule has 0 bridgehead atoms. The number of nitrogens with one attached hydrogen (secondary N) is 1. The van der Waals surface area contributed by atoms with Crippen LogP contribution in [0.5, 0.6) is 0 Å². The lowest BCUT2D eigenvalue weighted by Gasteiger charge is -2.22. The molecule has 0 spiro atoms. The van der Waals surface area contributed by atoms with Gasteiger partial charge in [0.1, 0.15) is 0 Å². The Morgan fingerprint density at radius 3 is 2.70 bits per heavy atom. The number of hydrogen-bond acceptors (Lipinski definition) is 5. The van der Waals surface area contributed by atoms with E-state index < -0.39 is 0 Å². The van der Waals surface area contributed by atoms with Gasteiger partial charge in [0, 0.05) is 13.1 Å². The Kier molecular flexibility index (Phi) is 6.53. The zero-order valence-corrected chi connectivity index (χ0v) is 14.3. The first kappa shape index (κ1) is 17.9. The first-order valence-corrected chi connectivity index (χ1v) is 7.61. The largest absolute Gasteiger partial charge is 0.376 e. The minimum atomic E-state index is 0. The molecule has 0 radical (unpaired) electrons. The van der Waals surface area contributed by atoms with Gasteiger partial charge >= 0.3 is 0 Å². The smallest absolute Gasteiger partial charge is 0.0969 e. The number of halogens is 1. The van der Waals surface area contributed by atoms with Crippen molar-refractivity contribution in [2.24, 2.45) is 0 Å². The molecule has 126 valence electrons. The molecule has 2 aromatic rings. The maximum absolute atomic E-state index is 5.59. The highest BCUT2D eigenvalue weighted by atomic mass is 35.5. The van der Waals surface area contributed by atoms with E-state index in [0.717, 1.165) is 17.9 Å². The van der Waals surface area contributed by atoms with Gasteiger partial charge in [-0.2, -0.15) is 15.0 Å². The summed E-state index contributed by atoms with van der Waals surface area (Å²) in [6.45, 7) is 7.61. The molecule has 1 atom stereocenters. The Bertz CT molecular complexity index is 606. The highest BCUT2D eigenvalue weighted by Gasteiger charge is 2.13. The lowest BCUT2D eigenvalue weighted by Crippen LogP contribution is -2.37. The van der Waals surface area contributed by atoms with Gasteiger partial charge in [0.25, 0.3) is 0 Å². The van der Waals surface area contributed by atoms with Crippen molar-refractivity contribution >= 4 is 12.4 Å². The normalized spacial score (nSPS) is 17.7. The van der Waals surface area contributed by atoms with Crippen LogP contribution >= 0.6 is 12.4 Å². The Balaban J connectivity index is 0.00000192. The molecule has 1 fully saturated rings. The summed E-state index contributed by atoms with van der Waals surface area (Å²) in [6.07, 6.45) is 1.92. The molecule has 2 heterocycles. The molecule has 1 aromatic heterocycles. The van der Waals surface area contributed by atoms with E-state index in [1.54, 1.807) is 11.0 Å². The van der Waals surface area contributed by atoms with Gasteiger partial charge < -0.3 is 14.8 Å². The summed E-state index contributed by atoms with van der Waals surface area (Å²) < 4.78 is 11.0. The lowest BCUT2D eigenvalue weighted by atomic mass is 10.1. The third-order valence-electron chi connectivity index (χ3n) is 3.54. The molecule has 23 heavy (non-hydrogen) atoms. The number of nitrogens with zero attached hydrogens (tertiary/aromatic N) is 3. The highest BCUT2D eigenvalue weighted by molar-refractivity contribution is 5.85. The van der Waals surface area contributed by atoms with Gasteiger partial charge in [-0.1, -0.05) is 6.07 Å². The Morgan fingerprint density at radius 1 is 1.22 bits per heavy atom. The van der Waals surface area contributed by atoms with Crippen LogP contribution in [0.25, 0.3) is 5.69 Å². The van der Waals surface area contributed by atoms with E-state index in [4.69, 9.17) is 9.47 Å². The van der Waals surface area contributed by atoms with Crippen molar-refractivity contribution in [1.82, 2.24) is 20.3 Å². The summed E-state index contributed by atoms with van der Waals surface area (Å²) in [4.78, 5) is 1.68. The number of hydrogen-bond donors (Lipinski definition) is 1. The molecule has 1 aliphatic rings. The Hall–Kier alpha value is -1.47. The van der Waals surface area contributed by atoms with Gasteiger partial charge in [0.05, 0.1) is 43.5 Å².